The molecule has 4 N–H and O–H groups in total. The third kappa shape index (κ3) is 5.13. The quantitative estimate of drug-likeness (QED) is 0.584. The molecule has 0 saturated carbocycles. The number of ether oxygens (including phenoxy) is 2. The predicted molar refractivity (Wildman–Crippen MR) is 107 cm³/mol. The Hall–Kier alpha value is -3.36. The average Bonchev–Trinajstić information content (AvgIpc) is 2.73. The smallest absolute Gasteiger partial charge is 0.437 e. The van der Waals surface area contributed by atoms with E-state index in [0.29, 0.717) is 19.0 Å². The number of anilines is 1. The van der Waals surface area contributed by atoms with E-state index in [0.717, 1.165) is 18.6 Å². The fourth-order valence-corrected chi connectivity index (χ4v) is 3.38. The summed E-state index contributed by atoms with van der Waals surface area (Å²) in [5.74, 6) is 0.575. The van der Waals surface area contributed by atoms with Gasteiger partial charge >= 0.3 is 6.09 Å². The Morgan fingerprint density at radius 2 is 1.93 bits per heavy atom. The molecule has 9 heteroatoms. The number of nitrogens with two attached hydrogens (primary N) is 2. The van der Waals surface area contributed by atoms with Gasteiger partial charge < -0.3 is 25.8 Å². The van der Waals surface area contributed by atoms with E-state index < -0.39 is 17.9 Å². The summed E-state index contributed by atoms with van der Waals surface area (Å²) in [6.07, 6.45) is 2.30. The van der Waals surface area contributed by atoms with Crippen molar-refractivity contribution in [2.45, 2.75) is 25.4 Å². The van der Waals surface area contributed by atoms with Crippen molar-refractivity contribution in [2.75, 3.05) is 25.1 Å². The molecule has 3 rings (SSSR count). The van der Waals surface area contributed by atoms with Crippen LogP contribution < -0.4 is 21.1 Å². The molecule has 154 valence electrons. The Morgan fingerprint density at radius 3 is 2.55 bits per heavy atom. The first-order valence-corrected chi connectivity index (χ1v) is 9.26. The van der Waals surface area contributed by atoms with Gasteiger partial charge in [0.2, 0.25) is 0 Å². The summed E-state index contributed by atoms with van der Waals surface area (Å²) >= 11 is 0. The van der Waals surface area contributed by atoms with Gasteiger partial charge in [-0.15, -0.1) is 4.99 Å². The summed E-state index contributed by atoms with van der Waals surface area (Å²) in [6.45, 7) is 1.08. The molecule has 1 aliphatic rings. The molecule has 29 heavy (non-hydrogen) atoms. The van der Waals surface area contributed by atoms with Crippen molar-refractivity contribution in [3.63, 3.8) is 0 Å². The molecule has 8 nitrogen and oxygen atoms in total. The van der Waals surface area contributed by atoms with Crippen molar-refractivity contribution >= 4 is 17.9 Å². The van der Waals surface area contributed by atoms with Crippen LogP contribution in [0.25, 0.3) is 0 Å². The number of methoxy groups -OCH3 is 1. The minimum atomic E-state index is -0.969. The first-order valence-electron chi connectivity index (χ1n) is 9.26. The van der Waals surface area contributed by atoms with Crippen molar-refractivity contribution in [2.24, 2.45) is 16.5 Å². The van der Waals surface area contributed by atoms with Crippen LogP contribution in [0.4, 0.5) is 15.0 Å². The fourth-order valence-electron chi connectivity index (χ4n) is 3.38. The molecule has 0 atom stereocenters. The van der Waals surface area contributed by atoms with E-state index in [2.05, 4.69) is 22.1 Å². The second-order valence-corrected chi connectivity index (χ2v) is 6.73. The molecular formula is C20H24FN5O3. The van der Waals surface area contributed by atoms with Crippen LogP contribution in [0.15, 0.2) is 41.5 Å². The van der Waals surface area contributed by atoms with E-state index in [4.69, 9.17) is 20.9 Å². The van der Waals surface area contributed by atoms with Gasteiger partial charge in [-0.05, 0) is 42.5 Å². The number of amides is 1. The summed E-state index contributed by atoms with van der Waals surface area (Å²) in [4.78, 5) is 20.7. The van der Waals surface area contributed by atoms with Gasteiger partial charge in [0.15, 0.2) is 17.6 Å². The molecule has 1 fully saturated rings. The number of piperidine rings is 1. The zero-order valence-electron chi connectivity index (χ0n) is 16.2. The van der Waals surface area contributed by atoms with Crippen LogP contribution >= 0.6 is 0 Å². The SMILES string of the molecule is COc1ccc(C2CCN(c3nccc(COC(=O)N=C(N)N)c3F)CC2)cc1. The monoisotopic (exact) mass is 401 g/mol. The van der Waals surface area contributed by atoms with E-state index in [-0.39, 0.29) is 18.0 Å². The molecule has 1 saturated heterocycles. The third-order valence-electron chi connectivity index (χ3n) is 4.90. The van der Waals surface area contributed by atoms with Crippen molar-refractivity contribution < 1.29 is 18.7 Å². The number of aromatic nitrogens is 1. The van der Waals surface area contributed by atoms with Crippen molar-refractivity contribution in [1.29, 1.82) is 0 Å². The number of hydrogen-bond donors (Lipinski definition) is 2. The number of carbonyl (C=O) groups excluding carboxylic acids is 1. The maximum absolute atomic E-state index is 14.9. The Balaban J connectivity index is 1.63. The number of halogens is 1. The summed E-state index contributed by atoms with van der Waals surface area (Å²) in [5, 5.41) is 0. The van der Waals surface area contributed by atoms with E-state index in [9.17, 15) is 9.18 Å². The minimum Gasteiger partial charge on any atom is -0.497 e. The van der Waals surface area contributed by atoms with Crippen LogP contribution in [0.5, 0.6) is 5.75 Å². The van der Waals surface area contributed by atoms with Crippen molar-refractivity contribution in [1.82, 2.24) is 4.98 Å². The molecule has 2 heterocycles. The highest BCUT2D eigenvalue weighted by atomic mass is 19.1. The number of aliphatic imine (C=N–C) groups is 1. The average molecular weight is 401 g/mol. The number of nitrogens with zero attached hydrogens (tertiary/aromatic N) is 3. The van der Waals surface area contributed by atoms with Gasteiger partial charge in [0.05, 0.1) is 7.11 Å². The fraction of sp³-hybridized carbons (Fsp3) is 0.350. The minimum absolute atomic E-state index is 0.214. The first-order chi connectivity index (χ1) is 14.0. The Bertz CT molecular complexity index is 876. The molecule has 0 bridgehead atoms. The van der Waals surface area contributed by atoms with E-state index in [1.165, 1.54) is 17.8 Å². The highest BCUT2D eigenvalue weighted by molar-refractivity contribution is 5.87. The zero-order chi connectivity index (χ0) is 20.8. The molecule has 1 aliphatic heterocycles. The Kier molecular flexibility index (Phi) is 6.48. The van der Waals surface area contributed by atoms with Crippen molar-refractivity contribution in [3.05, 3.63) is 53.5 Å². The standard InChI is InChI=1S/C20H24FN5O3/c1-28-16-4-2-13(3-5-16)14-7-10-26(11-8-14)18-17(21)15(6-9-24-18)12-29-20(27)25-19(22)23/h2-6,9,14H,7-8,10-12H2,1H3,(H4,22,23,25,27). The Morgan fingerprint density at radius 1 is 1.24 bits per heavy atom. The van der Waals surface area contributed by atoms with Crippen LogP contribution in [0.1, 0.15) is 29.9 Å². The van der Waals surface area contributed by atoms with Gasteiger partial charge in [-0.1, -0.05) is 12.1 Å². The molecule has 0 spiro atoms. The van der Waals surface area contributed by atoms with Crippen LogP contribution in [-0.4, -0.2) is 37.2 Å². The number of carbonyl (C=O) groups is 1. The van der Waals surface area contributed by atoms with Gasteiger partial charge in [-0.25, -0.2) is 14.2 Å². The van der Waals surface area contributed by atoms with Gasteiger partial charge in [-0.2, -0.15) is 0 Å². The molecule has 0 unspecified atom stereocenters. The lowest BCUT2D eigenvalue weighted by Crippen LogP contribution is -2.34. The lowest BCUT2D eigenvalue weighted by atomic mass is 9.89. The normalized spacial score (nSPS) is 14.3. The first kappa shape index (κ1) is 20.4. The van der Waals surface area contributed by atoms with E-state index in [1.54, 1.807) is 7.11 Å². The number of pyridine rings is 1. The lowest BCUT2D eigenvalue weighted by molar-refractivity contribution is 0.149. The van der Waals surface area contributed by atoms with Gasteiger partial charge in [-0.3, -0.25) is 0 Å². The number of hydrogen-bond acceptors (Lipinski definition) is 5. The van der Waals surface area contributed by atoms with Gasteiger partial charge in [0.1, 0.15) is 12.4 Å². The zero-order valence-corrected chi connectivity index (χ0v) is 16.2. The lowest BCUT2D eigenvalue weighted by Gasteiger charge is -2.33. The van der Waals surface area contributed by atoms with Crippen LogP contribution in [0.2, 0.25) is 0 Å². The topological polar surface area (TPSA) is 116 Å². The highest BCUT2D eigenvalue weighted by Crippen LogP contribution is 2.32. The maximum atomic E-state index is 14.9. The van der Waals surface area contributed by atoms with Crippen LogP contribution in [-0.2, 0) is 11.3 Å². The summed E-state index contributed by atoms with van der Waals surface area (Å²) < 4.78 is 25.0. The highest BCUT2D eigenvalue weighted by Gasteiger charge is 2.24. The predicted octanol–water partition coefficient (Wildman–Crippen LogP) is 2.52. The third-order valence-corrected chi connectivity index (χ3v) is 4.90. The van der Waals surface area contributed by atoms with E-state index in [1.807, 2.05) is 17.0 Å². The largest absolute Gasteiger partial charge is 0.497 e. The molecule has 1 aromatic carbocycles. The van der Waals surface area contributed by atoms with Crippen LogP contribution in [0.3, 0.4) is 0 Å². The second-order valence-electron chi connectivity index (χ2n) is 6.73. The molecule has 1 aromatic heterocycles. The molecule has 0 aliphatic carbocycles. The molecular weight excluding hydrogens is 377 g/mol. The summed E-state index contributed by atoms with van der Waals surface area (Å²) in [7, 11) is 1.64. The van der Waals surface area contributed by atoms with E-state index >= 15 is 0 Å². The molecule has 2 aromatic rings. The van der Waals surface area contributed by atoms with Crippen LogP contribution in [0, 0.1) is 5.82 Å². The maximum Gasteiger partial charge on any atom is 0.437 e. The van der Waals surface area contributed by atoms with Gasteiger partial charge in [0, 0.05) is 24.8 Å². The molecule has 1 amide bonds. The number of guanidine groups is 1. The molecule has 0 radical (unpaired) electrons. The van der Waals surface area contributed by atoms with Crippen molar-refractivity contribution in [3.8, 4) is 5.75 Å². The number of rotatable bonds is 5. The van der Waals surface area contributed by atoms with Gasteiger partial charge in [0.25, 0.3) is 0 Å². The second kappa shape index (κ2) is 9.22. The summed E-state index contributed by atoms with van der Waals surface area (Å²) in [5.41, 5.74) is 11.7. The Labute approximate surface area is 168 Å². The summed E-state index contributed by atoms with van der Waals surface area (Å²) in [6, 6.07) is 9.52. The number of benzene rings is 1.